The van der Waals surface area contributed by atoms with Gasteiger partial charge in [0.25, 0.3) is 0 Å². The number of esters is 2. The van der Waals surface area contributed by atoms with Gasteiger partial charge < -0.3 is 53.9 Å². The van der Waals surface area contributed by atoms with Gasteiger partial charge in [-0.15, -0.1) is 0 Å². The first-order valence-corrected chi connectivity index (χ1v) is 31.6. The van der Waals surface area contributed by atoms with Gasteiger partial charge in [-0.2, -0.15) is 0 Å². The maximum atomic E-state index is 13.0. The number of H-pyrrole nitrogens is 2. The fourth-order valence-corrected chi connectivity index (χ4v) is 12.9. The van der Waals surface area contributed by atoms with Crippen LogP contribution in [-0.2, 0) is 74.7 Å². The molecule has 0 radical (unpaired) electrons. The minimum Gasteiger partial charge on any atom is -0.469 e. The predicted octanol–water partition coefficient (Wildman–Crippen LogP) is 15.3. The normalized spacial score (nSPS) is 12.7. The molecule has 2 N–H and O–H groups in total. The van der Waals surface area contributed by atoms with E-state index < -0.39 is 0 Å². The molecule has 0 saturated heterocycles. The van der Waals surface area contributed by atoms with Crippen molar-refractivity contribution in [3.05, 3.63) is 160 Å². The number of nitrogens with one attached hydrogen (secondary N) is 2. The third kappa shape index (κ3) is 11.1. The topological polar surface area (TPSA) is 233 Å². The van der Waals surface area contributed by atoms with Crippen LogP contribution in [0, 0.1) is 0 Å². The van der Waals surface area contributed by atoms with Crippen LogP contribution in [0.5, 0.6) is 0 Å². The van der Waals surface area contributed by atoms with Crippen LogP contribution in [0.15, 0.2) is 109 Å². The van der Waals surface area contributed by atoms with Crippen LogP contribution in [0.2, 0.25) is 0 Å². The number of nitrogens with zero attached hydrogens (tertiary/aromatic N) is 12. The van der Waals surface area contributed by atoms with Crippen molar-refractivity contribution in [1.82, 2.24) is 69.4 Å². The van der Waals surface area contributed by atoms with Gasteiger partial charge in [0.15, 0.2) is 0 Å². The Hall–Kier alpha value is -10.4. The average molecular weight is 1310 g/mol. The summed E-state index contributed by atoms with van der Waals surface area (Å²) in [5.41, 5.74) is 17.4. The molecule has 11 heterocycles. The van der Waals surface area contributed by atoms with Gasteiger partial charge in [0, 0.05) is 110 Å². The quantitative estimate of drug-likeness (QED) is 0.106. The summed E-state index contributed by atoms with van der Waals surface area (Å²) in [7, 11) is 4.74. The fraction of sp³-hybridized carbons (Fsp3) is 0.250. The molecule has 4 aromatic carbocycles. The molecule has 4 aliphatic rings. The molecule has 0 amide bonds. The van der Waals surface area contributed by atoms with Crippen molar-refractivity contribution in [3.8, 4) is 68.1 Å². The minimum atomic E-state index is -0.349. The van der Waals surface area contributed by atoms with Crippen LogP contribution in [0.4, 0.5) is 0 Å². The van der Waals surface area contributed by atoms with E-state index in [1.807, 2.05) is 72.4 Å². The molecule has 0 atom stereocenters. The Balaban J connectivity index is 0.00000778. The van der Waals surface area contributed by atoms with E-state index in [-0.39, 0.29) is 60.5 Å². The van der Waals surface area contributed by atoms with Crippen molar-refractivity contribution >= 4 is 102 Å². The van der Waals surface area contributed by atoms with E-state index >= 15 is 0 Å². The average Bonchev–Trinajstić information content (AvgIpc) is 1.60. The second kappa shape index (κ2) is 23.3. The Bertz CT molecular complexity index is 5490. The van der Waals surface area contributed by atoms with E-state index in [0.29, 0.717) is 92.7 Å². The summed E-state index contributed by atoms with van der Waals surface area (Å²) < 4.78 is 12.4. The first-order valence-electron chi connectivity index (χ1n) is 31.6. The molecule has 16 bridgehead atoms. The molecule has 95 heavy (non-hydrogen) atoms. The number of aromatic nitrogens is 14. The van der Waals surface area contributed by atoms with E-state index in [1.165, 1.54) is 14.2 Å². The Morgan fingerprint density at radius 2 is 0.863 bits per heavy atom. The molecule has 0 aliphatic carbocycles. The van der Waals surface area contributed by atoms with Crippen molar-refractivity contribution in [2.45, 2.75) is 104 Å². The van der Waals surface area contributed by atoms with Gasteiger partial charge in [-0.3, -0.25) is 9.59 Å². The number of hydrogen-bond donors (Lipinski definition) is 2. The monoisotopic (exact) mass is 1300 g/mol. The van der Waals surface area contributed by atoms with Gasteiger partial charge in [0.2, 0.25) is 0 Å². The van der Waals surface area contributed by atoms with Crippen molar-refractivity contribution in [3.63, 3.8) is 0 Å². The number of fused-ring (bicyclic) bond motifs is 28. The van der Waals surface area contributed by atoms with Crippen molar-refractivity contribution in [2.24, 2.45) is 7.05 Å². The number of methoxy groups -OCH3 is 2. The van der Waals surface area contributed by atoms with Crippen molar-refractivity contribution in [1.29, 1.82) is 0 Å². The third-order valence-electron chi connectivity index (χ3n) is 18.2. The second-order valence-electron chi connectivity index (χ2n) is 27.5. The van der Waals surface area contributed by atoms with E-state index in [0.717, 1.165) is 105 Å². The zero-order chi connectivity index (χ0) is 65.3. The van der Waals surface area contributed by atoms with Crippen LogP contribution in [0.3, 0.4) is 0 Å². The van der Waals surface area contributed by atoms with Crippen LogP contribution >= 0.6 is 0 Å². The second-order valence-corrected chi connectivity index (χ2v) is 27.5. The van der Waals surface area contributed by atoms with Crippen LogP contribution in [-0.4, -0.2) is 85.5 Å². The third-order valence-corrected chi connectivity index (χ3v) is 18.2. The van der Waals surface area contributed by atoms with Crippen LogP contribution in [0.1, 0.15) is 126 Å². The number of hydrogen-bond acceptors (Lipinski definition) is 13. The Morgan fingerprint density at radius 3 is 1.34 bits per heavy atom. The van der Waals surface area contributed by atoms with Gasteiger partial charge in [-0.05, 0) is 146 Å². The van der Waals surface area contributed by atoms with Gasteiger partial charge >= 0.3 is 31.4 Å². The molecule has 468 valence electrons. The molecule has 19 heteroatoms. The van der Waals surface area contributed by atoms with Gasteiger partial charge in [-0.1, -0.05) is 111 Å². The van der Waals surface area contributed by atoms with Crippen molar-refractivity contribution in [2.75, 3.05) is 14.2 Å². The molecular weight excluding hydrogens is 1240 g/mol. The maximum Gasteiger partial charge on any atom is 2.00 e. The molecule has 0 unspecified atom stereocenters. The van der Waals surface area contributed by atoms with Crippen LogP contribution < -0.4 is 9.97 Å². The molecular formula is C76H68N14O4Zn. The van der Waals surface area contributed by atoms with Crippen LogP contribution in [0.25, 0.3) is 159 Å². The largest absolute Gasteiger partial charge is 2.00 e. The summed E-state index contributed by atoms with van der Waals surface area (Å²) >= 11 is 0. The zero-order valence-corrected chi connectivity index (χ0v) is 58.2. The molecule has 0 spiro atoms. The number of carbonyl (C=O) groups is 2. The minimum absolute atomic E-state index is 0. The standard InChI is InChI=1S/C76H68N14O4.Zn/c1-74(2,3)40-14-18-44-50(36-40)70-85-66(44)82-65-43-17-13-39(35-49(43)69(83-65)84-67-45-19-15-41(75(4,5)6)37-51(45)71(87-67)89-72-52-38-42(76(7,8)9)16-20-46(52)68(86-70)88-72)63-57-27-23-53(78-57)47(21-31-61(91)93-11)55-25-29-59(80-55)64(73-77-33-34-90(73)10)60-30-26-56(81-60)48(22-32-62(92)94-12)54-24-28-58(63)79-54;/h13-20,23-30,33-38H,21-22,31-32H2,1-12H3,(H2-2,77,78,79,80,81,82,83,84,85,86,87,88,89);/q-2;+2. The number of aryl methyl sites for hydroxylation is 3. The Labute approximate surface area is 560 Å². The summed E-state index contributed by atoms with van der Waals surface area (Å²) in [6, 6.07) is 33.4. The number of aromatic amines is 2. The molecule has 4 aliphatic heterocycles. The molecule has 7 aromatic heterocycles. The Morgan fingerprint density at radius 1 is 0.453 bits per heavy atom. The zero-order valence-electron chi connectivity index (χ0n) is 55.2. The first kappa shape index (κ1) is 62.1. The summed E-state index contributed by atoms with van der Waals surface area (Å²) in [5.74, 6) is 1.83. The van der Waals surface area contributed by atoms with E-state index in [4.69, 9.17) is 64.3 Å². The Kier molecular flexibility index (Phi) is 15.2. The van der Waals surface area contributed by atoms with Gasteiger partial charge in [0.1, 0.15) is 5.82 Å². The summed E-state index contributed by atoms with van der Waals surface area (Å²) in [4.78, 5) is 92.0. The number of rotatable bonds is 8. The SMILES string of the molecule is COC(=O)CCc1c2nc(c(-c3nccn3C)c3ccc([nH]3)c(CCC(=O)OC)c3nc(c(-c4ccc5c6nc7nc(nc8[n-]c(nc9nc(nc([n-]6)c5c4)-c4ccc(C(C)(C)C)cc4-9)c4cc(C(C)(C)C)ccc84)-c4cc(C(C)(C)C)ccc4-7)c4ccc1[nH]4)C=C3)C=C2.[Zn+2]. The number of ether oxygens (including phenoxy) is 2. The molecule has 11 aromatic rings. The van der Waals surface area contributed by atoms with Gasteiger partial charge in [-0.25, -0.2) is 24.9 Å². The number of carbonyl (C=O) groups excluding carboxylic acids is 2. The maximum absolute atomic E-state index is 13.0. The molecule has 15 rings (SSSR count). The molecule has 0 saturated carbocycles. The smallest absolute Gasteiger partial charge is 0.469 e. The predicted molar refractivity (Wildman–Crippen MR) is 371 cm³/mol. The fourth-order valence-electron chi connectivity index (χ4n) is 12.9. The molecule has 0 fully saturated rings. The van der Waals surface area contributed by atoms with E-state index in [1.54, 1.807) is 6.20 Å². The van der Waals surface area contributed by atoms with E-state index in [9.17, 15) is 9.59 Å². The first-order chi connectivity index (χ1) is 45.0. The van der Waals surface area contributed by atoms with Gasteiger partial charge in [0.05, 0.1) is 71.4 Å². The summed E-state index contributed by atoms with van der Waals surface area (Å²) in [6.45, 7) is 19.8. The summed E-state index contributed by atoms with van der Waals surface area (Å²) in [6.07, 6.45) is 12.5. The number of imidazole rings is 1. The molecule has 18 nitrogen and oxygen atoms in total. The number of benzene rings is 4. The van der Waals surface area contributed by atoms with Crippen molar-refractivity contribution < 1.29 is 38.5 Å². The van der Waals surface area contributed by atoms with E-state index in [2.05, 4.69) is 139 Å². The summed E-state index contributed by atoms with van der Waals surface area (Å²) in [5, 5.41) is 3.12.